The Morgan fingerprint density at radius 3 is 2.56 bits per heavy atom. The van der Waals surface area contributed by atoms with Crippen molar-refractivity contribution in [3.05, 3.63) is 11.8 Å². The minimum Gasteiger partial charge on any atom is -0.495 e. The van der Waals surface area contributed by atoms with Gasteiger partial charge in [-0.2, -0.15) is 0 Å². The lowest BCUT2D eigenvalue weighted by molar-refractivity contribution is 0.0114. The fourth-order valence-corrected chi connectivity index (χ4v) is 1.74. The Hall–Kier alpha value is -0.540. The van der Waals surface area contributed by atoms with Crippen molar-refractivity contribution in [2.75, 3.05) is 13.2 Å². The van der Waals surface area contributed by atoms with Gasteiger partial charge in [0.15, 0.2) is 0 Å². The third kappa shape index (κ3) is 4.54. The van der Waals surface area contributed by atoms with Crippen LogP contribution in [0.2, 0.25) is 0 Å². The average molecular weight is 227 g/mol. The zero-order chi connectivity index (χ0) is 12.2. The van der Waals surface area contributed by atoms with Crippen molar-refractivity contribution in [1.82, 2.24) is 5.32 Å². The Morgan fingerprint density at radius 2 is 2.06 bits per heavy atom. The van der Waals surface area contributed by atoms with Gasteiger partial charge < -0.3 is 15.2 Å². The number of aliphatic hydroxyl groups is 1. The van der Waals surface area contributed by atoms with Crippen LogP contribution in [-0.2, 0) is 4.74 Å². The van der Waals surface area contributed by atoms with Crippen LogP contribution in [0.3, 0.4) is 0 Å². The van der Waals surface area contributed by atoms with E-state index in [4.69, 9.17) is 4.74 Å². The molecule has 1 heterocycles. The summed E-state index contributed by atoms with van der Waals surface area (Å²) in [6, 6.07) is 0. The third-order valence-corrected chi connectivity index (χ3v) is 2.73. The number of rotatable bonds is 4. The van der Waals surface area contributed by atoms with Crippen LogP contribution in [0.15, 0.2) is 11.8 Å². The lowest BCUT2D eigenvalue weighted by Gasteiger charge is -2.30. The molecule has 0 aromatic carbocycles. The third-order valence-electron chi connectivity index (χ3n) is 2.73. The van der Waals surface area contributed by atoms with E-state index < -0.39 is 5.60 Å². The first-order chi connectivity index (χ1) is 7.31. The van der Waals surface area contributed by atoms with Crippen molar-refractivity contribution in [1.29, 1.82) is 0 Å². The highest BCUT2D eigenvalue weighted by Crippen LogP contribution is 2.25. The Labute approximate surface area is 98.9 Å². The van der Waals surface area contributed by atoms with Crippen molar-refractivity contribution in [3.8, 4) is 0 Å². The van der Waals surface area contributed by atoms with Gasteiger partial charge in [0.05, 0.1) is 6.61 Å². The summed E-state index contributed by atoms with van der Waals surface area (Å²) in [7, 11) is 0. The molecule has 0 saturated carbocycles. The first kappa shape index (κ1) is 13.5. The molecular weight excluding hydrogens is 202 g/mol. The van der Waals surface area contributed by atoms with E-state index in [2.05, 4.69) is 26.1 Å². The van der Waals surface area contributed by atoms with Crippen LogP contribution >= 0.6 is 0 Å². The summed E-state index contributed by atoms with van der Waals surface area (Å²) < 4.78 is 5.51. The number of ether oxygens (including phenoxy) is 1. The molecule has 1 aliphatic rings. The smallest absolute Gasteiger partial charge is 0.123 e. The summed E-state index contributed by atoms with van der Waals surface area (Å²) >= 11 is 0. The molecular formula is C13H25NO2. The normalized spacial score (nSPS) is 20.9. The van der Waals surface area contributed by atoms with Crippen molar-refractivity contribution in [2.24, 2.45) is 0 Å². The molecule has 0 aromatic rings. The molecule has 0 fully saturated rings. The van der Waals surface area contributed by atoms with Crippen molar-refractivity contribution in [2.45, 2.75) is 58.1 Å². The molecule has 0 amide bonds. The number of hydrogen-bond acceptors (Lipinski definition) is 3. The predicted molar refractivity (Wildman–Crippen MR) is 66.3 cm³/mol. The standard InChI is InChI=1S/C13H25NO2/c1-12(2,3)14-9-8-13(4,15)11-7-5-6-10-16-11/h7,14-15H,5-6,8-10H2,1-4H3. The maximum atomic E-state index is 10.3. The van der Waals surface area contributed by atoms with E-state index in [1.54, 1.807) is 0 Å². The first-order valence-electron chi connectivity index (χ1n) is 6.12. The molecule has 0 bridgehead atoms. The lowest BCUT2D eigenvalue weighted by Crippen LogP contribution is -2.41. The van der Waals surface area contributed by atoms with E-state index in [1.165, 1.54) is 0 Å². The van der Waals surface area contributed by atoms with Gasteiger partial charge in [-0.25, -0.2) is 0 Å². The van der Waals surface area contributed by atoms with Gasteiger partial charge in [0, 0.05) is 5.54 Å². The van der Waals surface area contributed by atoms with Crippen LogP contribution in [-0.4, -0.2) is 29.4 Å². The molecule has 0 spiro atoms. The largest absolute Gasteiger partial charge is 0.495 e. The summed E-state index contributed by atoms with van der Waals surface area (Å²) in [5.41, 5.74) is -0.740. The van der Waals surface area contributed by atoms with E-state index in [-0.39, 0.29) is 5.54 Å². The van der Waals surface area contributed by atoms with Crippen LogP contribution < -0.4 is 5.32 Å². The molecule has 1 rings (SSSR count). The van der Waals surface area contributed by atoms with E-state index in [0.717, 1.165) is 31.8 Å². The molecule has 3 nitrogen and oxygen atoms in total. The molecule has 0 radical (unpaired) electrons. The second-order valence-electron chi connectivity index (χ2n) is 5.76. The Kier molecular flexibility index (Phi) is 4.39. The Balaban J connectivity index is 2.42. The molecule has 94 valence electrons. The Bertz CT molecular complexity index is 251. The van der Waals surface area contributed by atoms with E-state index in [0.29, 0.717) is 6.42 Å². The highest BCUT2D eigenvalue weighted by molar-refractivity contribution is 5.10. The van der Waals surface area contributed by atoms with Crippen molar-refractivity contribution >= 4 is 0 Å². The summed E-state index contributed by atoms with van der Waals surface area (Å²) in [4.78, 5) is 0. The molecule has 1 unspecified atom stereocenters. The quantitative estimate of drug-likeness (QED) is 0.773. The maximum Gasteiger partial charge on any atom is 0.123 e. The van der Waals surface area contributed by atoms with Gasteiger partial charge in [-0.3, -0.25) is 0 Å². The molecule has 2 N–H and O–H groups in total. The van der Waals surface area contributed by atoms with Crippen LogP contribution in [0.25, 0.3) is 0 Å². The van der Waals surface area contributed by atoms with Crippen LogP contribution in [0, 0.1) is 0 Å². The fraction of sp³-hybridized carbons (Fsp3) is 0.846. The maximum absolute atomic E-state index is 10.3. The van der Waals surface area contributed by atoms with Crippen LogP contribution in [0.5, 0.6) is 0 Å². The number of nitrogens with one attached hydrogen (secondary N) is 1. The molecule has 0 saturated heterocycles. The fourth-order valence-electron chi connectivity index (χ4n) is 1.74. The second-order valence-corrected chi connectivity index (χ2v) is 5.76. The monoisotopic (exact) mass is 227 g/mol. The molecule has 1 aliphatic heterocycles. The van der Waals surface area contributed by atoms with Gasteiger partial charge in [-0.15, -0.1) is 0 Å². The highest BCUT2D eigenvalue weighted by Gasteiger charge is 2.28. The minimum absolute atomic E-state index is 0.0951. The zero-order valence-corrected chi connectivity index (χ0v) is 11.0. The van der Waals surface area contributed by atoms with Gasteiger partial charge in [-0.1, -0.05) is 0 Å². The van der Waals surface area contributed by atoms with Gasteiger partial charge in [-0.05, 0) is 59.6 Å². The first-order valence-corrected chi connectivity index (χ1v) is 6.12. The van der Waals surface area contributed by atoms with Crippen LogP contribution in [0.4, 0.5) is 0 Å². The van der Waals surface area contributed by atoms with E-state index in [1.807, 2.05) is 13.0 Å². The van der Waals surface area contributed by atoms with Gasteiger partial charge >= 0.3 is 0 Å². The van der Waals surface area contributed by atoms with E-state index in [9.17, 15) is 5.11 Å². The second kappa shape index (κ2) is 5.19. The topological polar surface area (TPSA) is 41.5 Å². The molecule has 16 heavy (non-hydrogen) atoms. The van der Waals surface area contributed by atoms with Crippen molar-refractivity contribution < 1.29 is 9.84 Å². The summed E-state index contributed by atoms with van der Waals surface area (Å²) in [6.45, 7) is 9.72. The highest BCUT2D eigenvalue weighted by atomic mass is 16.5. The SMILES string of the molecule is CC(C)(C)NCCC(C)(O)C1=CCCCO1. The molecule has 3 heteroatoms. The Morgan fingerprint density at radius 1 is 1.38 bits per heavy atom. The molecule has 0 aliphatic carbocycles. The average Bonchev–Trinajstić information content (AvgIpc) is 2.17. The van der Waals surface area contributed by atoms with Crippen molar-refractivity contribution in [3.63, 3.8) is 0 Å². The van der Waals surface area contributed by atoms with Gasteiger partial charge in [0.1, 0.15) is 11.4 Å². The minimum atomic E-state index is -0.835. The van der Waals surface area contributed by atoms with Crippen LogP contribution in [0.1, 0.15) is 47.0 Å². The predicted octanol–water partition coefficient (Wildman–Crippen LogP) is 2.21. The van der Waals surface area contributed by atoms with Gasteiger partial charge in [0.2, 0.25) is 0 Å². The molecule has 0 aromatic heterocycles. The number of hydrogen-bond donors (Lipinski definition) is 2. The number of allylic oxidation sites excluding steroid dienone is 1. The van der Waals surface area contributed by atoms with Gasteiger partial charge in [0.25, 0.3) is 0 Å². The molecule has 1 atom stereocenters. The zero-order valence-electron chi connectivity index (χ0n) is 11.0. The lowest BCUT2D eigenvalue weighted by atomic mass is 9.96. The summed E-state index contributed by atoms with van der Waals surface area (Å²) in [5, 5.41) is 13.7. The van der Waals surface area contributed by atoms with E-state index >= 15 is 0 Å². The summed E-state index contributed by atoms with van der Waals surface area (Å²) in [5.74, 6) is 0.745. The summed E-state index contributed by atoms with van der Waals surface area (Å²) in [6.07, 6.45) is 4.76.